The number of halogens is 3. The van der Waals surface area contributed by atoms with Gasteiger partial charge in [-0.15, -0.1) is 15.7 Å². The molecule has 2 saturated heterocycles. The Kier molecular flexibility index (Phi) is 26.1. The Morgan fingerprint density at radius 3 is 1.92 bits per heavy atom. The standard InChI is InChI=1S/C60H90F3N9O11/c1-44(2)59-67-65-45(3)72(59)50-40-54-60(41-50)42-55(60)71(54)19-14-53(47-9-5-4-6-10-47)64-56(73)37-46-12-17-69(18-13-46)16-8-7-11-49-43-70(68-66-49)20-22-76-24-26-78-28-30-80-32-34-82-36-35-81-33-31-79-29-27-77-25-23-75-21-15-57(74)83-58-51(62)38-48(61)39-52(58)63/h4-6,9-10,38-39,43-44,46,50,53-55,66,68H,7-8,11-37,40-42H2,1-3H3,(H,64,73). The molecule has 8 rings (SSSR count). The number of amides is 1. The lowest BCUT2D eigenvalue weighted by Gasteiger charge is -2.44. The van der Waals surface area contributed by atoms with E-state index in [0.717, 1.165) is 76.4 Å². The molecule has 5 atom stereocenters. The summed E-state index contributed by atoms with van der Waals surface area (Å²) in [5.41, 5.74) is 9.37. The summed E-state index contributed by atoms with van der Waals surface area (Å²) in [6.45, 7) is 17.7. The fraction of sp³-hybridized carbons (Fsp3) is 0.700. The summed E-state index contributed by atoms with van der Waals surface area (Å²) in [5, 5.41) is 14.5. The maximum Gasteiger partial charge on any atom is 0.313 e. The third-order valence-electron chi connectivity index (χ3n) is 16.4. The third kappa shape index (κ3) is 19.9. The van der Waals surface area contributed by atoms with Gasteiger partial charge in [0.1, 0.15) is 17.5 Å². The summed E-state index contributed by atoms with van der Waals surface area (Å²) in [6.07, 6.45) is 12.5. The Balaban J connectivity index is 0.547. The molecule has 0 radical (unpaired) electrons. The average Bonchev–Trinajstić information content (AvgIpc) is 1.52. The van der Waals surface area contributed by atoms with Crippen molar-refractivity contribution in [3.8, 4) is 5.75 Å². The summed E-state index contributed by atoms with van der Waals surface area (Å²) in [5.74, 6) is -2.43. The first-order valence-corrected chi connectivity index (χ1v) is 30.2. The lowest BCUT2D eigenvalue weighted by molar-refractivity contribution is -0.136. The molecule has 5 unspecified atom stereocenters. The van der Waals surface area contributed by atoms with Gasteiger partial charge >= 0.3 is 5.97 Å². The van der Waals surface area contributed by atoms with Crippen LogP contribution in [-0.4, -0.2) is 192 Å². The number of likely N-dealkylation sites (tertiary alicyclic amines) is 2. The maximum absolute atomic E-state index is 13.7. The van der Waals surface area contributed by atoms with Crippen LogP contribution >= 0.6 is 0 Å². The van der Waals surface area contributed by atoms with Crippen LogP contribution in [0.1, 0.15) is 120 Å². The first-order chi connectivity index (χ1) is 40.5. The molecule has 2 aliphatic carbocycles. The summed E-state index contributed by atoms with van der Waals surface area (Å²) >= 11 is 0. The van der Waals surface area contributed by atoms with E-state index in [-0.39, 0.29) is 38.2 Å². The minimum absolute atomic E-state index is 0.0190. The lowest BCUT2D eigenvalue weighted by atomic mass is 9.89. The number of benzene rings is 2. The van der Waals surface area contributed by atoms with Crippen LogP contribution in [0.15, 0.2) is 54.4 Å². The van der Waals surface area contributed by atoms with Gasteiger partial charge in [-0.2, -0.15) is 0 Å². The van der Waals surface area contributed by atoms with E-state index in [1.807, 2.05) is 5.01 Å². The van der Waals surface area contributed by atoms with Crippen LogP contribution in [0.3, 0.4) is 0 Å². The molecule has 20 nitrogen and oxygen atoms in total. The molecular weight excluding hydrogens is 1080 g/mol. The maximum atomic E-state index is 13.7. The van der Waals surface area contributed by atoms with E-state index in [0.29, 0.717) is 146 Å². The number of rotatable bonds is 42. The summed E-state index contributed by atoms with van der Waals surface area (Å²) in [4.78, 5) is 30.7. The molecule has 5 aliphatic rings. The molecule has 3 aliphatic heterocycles. The number of ether oxygens (including phenoxy) is 9. The van der Waals surface area contributed by atoms with E-state index in [9.17, 15) is 22.8 Å². The SMILES string of the molecule is Cc1nnc(C(C)C)n1C1CC2N(CCC(NC(=O)CC3CCN(CCCCC4=CN(CCOCCOCCOCCOCCOCCOCCOCCOCCC(=O)Oc5c(F)cc(F)cc5F)NN4)CC3)c3ccccc3)C3CC23C1. The van der Waals surface area contributed by atoms with Crippen molar-refractivity contribution >= 4 is 11.9 Å². The molecule has 4 heterocycles. The van der Waals surface area contributed by atoms with Crippen LogP contribution in [0.25, 0.3) is 0 Å². The van der Waals surface area contributed by atoms with Crippen molar-refractivity contribution in [1.29, 1.82) is 0 Å². The Hall–Kier alpha value is -4.79. The molecule has 83 heavy (non-hydrogen) atoms. The predicted octanol–water partition coefficient (Wildman–Crippen LogP) is 6.72. The van der Waals surface area contributed by atoms with Gasteiger partial charge in [0.2, 0.25) is 11.7 Å². The molecule has 1 spiro atoms. The van der Waals surface area contributed by atoms with Gasteiger partial charge in [-0.05, 0) is 95.8 Å². The monoisotopic (exact) mass is 1170 g/mol. The number of unbranched alkanes of at least 4 members (excludes halogenated alkanes) is 1. The minimum Gasteiger partial charge on any atom is -0.420 e. The molecular formula is C60H90F3N9O11. The molecule has 2 aromatic carbocycles. The number of esters is 1. The van der Waals surface area contributed by atoms with Gasteiger partial charge in [0.05, 0.1) is 125 Å². The van der Waals surface area contributed by atoms with Crippen LogP contribution in [0.4, 0.5) is 13.2 Å². The van der Waals surface area contributed by atoms with Gasteiger partial charge < -0.3 is 62.8 Å². The van der Waals surface area contributed by atoms with E-state index < -0.39 is 29.2 Å². The molecule has 3 aromatic rings. The van der Waals surface area contributed by atoms with Gasteiger partial charge in [-0.1, -0.05) is 44.2 Å². The number of nitrogens with one attached hydrogen (secondary N) is 3. The van der Waals surface area contributed by atoms with E-state index in [1.54, 1.807) is 0 Å². The third-order valence-corrected chi connectivity index (χ3v) is 16.4. The zero-order valence-electron chi connectivity index (χ0n) is 49.0. The van der Waals surface area contributed by atoms with Crippen molar-refractivity contribution in [1.82, 2.24) is 45.9 Å². The van der Waals surface area contributed by atoms with Crippen LogP contribution < -0.4 is 21.0 Å². The highest BCUT2D eigenvalue weighted by atomic mass is 19.1. The zero-order valence-corrected chi connectivity index (χ0v) is 49.0. The molecule has 462 valence electrons. The minimum atomic E-state index is -1.30. The van der Waals surface area contributed by atoms with Crippen molar-refractivity contribution in [2.45, 2.75) is 121 Å². The van der Waals surface area contributed by atoms with Crippen molar-refractivity contribution < 1.29 is 65.4 Å². The number of carbonyl (C=O) groups is 2. The van der Waals surface area contributed by atoms with E-state index >= 15 is 0 Å². The number of hydrazine groups is 2. The lowest BCUT2D eigenvalue weighted by Crippen LogP contribution is -2.53. The fourth-order valence-corrected chi connectivity index (χ4v) is 12.1. The quantitative estimate of drug-likeness (QED) is 0.0307. The van der Waals surface area contributed by atoms with Crippen molar-refractivity contribution in [3.63, 3.8) is 0 Å². The predicted molar refractivity (Wildman–Crippen MR) is 302 cm³/mol. The molecule has 1 aromatic heterocycles. The van der Waals surface area contributed by atoms with Gasteiger partial charge in [-0.25, -0.2) is 13.2 Å². The topological polar surface area (TPSA) is 194 Å². The van der Waals surface area contributed by atoms with E-state index in [2.05, 4.69) is 103 Å². The van der Waals surface area contributed by atoms with Gasteiger partial charge in [0.25, 0.3) is 0 Å². The van der Waals surface area contributed by atoms with Gasteiger partial charge in [-0.3, -0.25) is 19.5 Å². The smallest absolute Gasteiger partial charge is 0.313 e. The summed E-state index contributed by atoms with van der Waals surface area (Å²) < 4.78 is 91.3. The Labute approximate surface area is 487 Å². The van der Waals surface area contributed by atoms with Gasteiger partial charge in [0, 0.05) is 66.5 Å². The summed E-state index contributed by atoms with van der Waals surface area (Å²) in [7, 11) is 0. The highest BCUT2D eigenvalue weighted by Gasteiger charge is 2.75. The number of allylic oxidation sites excluding steroid dienone is 1. The van der Waals surface area contributed by atoms with E-state index in [4.69, 9.17) is 37.9 Å². The average molecular weight is 1170 g/mol. The van der Waals surface area contributed by atoms with Crippen molar-refractivity contribution in [2.24, 2.45) is 11.3 Å². The second-order valence-electron chi connectivity index (χ2n) is 22.6. The van der Waals surface area contributed by atoms with Crippen LogP contribution in [0.5, 0.6) is 5.75 Å². The number of hydrogen-bond donors (Lipinski definition) is 3. The van der Waals surface area contributed by atoms with Gasteiger partial charge in [0.15, 0.2) is 11.6 Å². The highest BCUT2D eigenvalue weighted by Crippen LogP contribution is 2.72. The zero-order chi connectivity index (χ0) is 58.2. The van der Waals surface area contributed by atoms with E-state index in [1.165, 1.54) is 30.5 Å². The Bertz CT molecular complexity index is 2430. The Morgan fingerprint density at radius 2 is 1.31 bits per heavy atom. The highest BCUT2D eigenvalue weighted by molar-refractivity contribution is 5.76. The fourth-order valence-electron chi connectivity index (χ4n) is 12.1. The van der Waals surface area contributed by atoms with Crippen molar-refractivity contribution in [3.05, 3.63) is 89.0 Å². The number of hydrogen-bond acceptors (Lipinski definition) is 18. The normalized spacial score (nSPS) is 21.0. The first-order valence-electron chi connectivity index (χ1n) is 30.2. The number of nitrogens with zero attached hydrogens (tertiary/aromatic N) is 6. The van der Waals surface area contributed by atoms with Crippen LogP contribution in [-0.2, 0) is 47.5 Å². The van der Waals surface area contributed by atoms with Crippen LogP contribution in [0.2, 0.25) is 0 Å². The summed E-state index contributed by atoms with van der Waals surface area (Å²) in [6, 6.07) is 13.2. The van der Waals surface area contributed by atoms with Crippen LogP contribution in [0, 0.1) is 35.7 Å². The molecule has 0 bridgehead atoms. The molecule has 2 saturated carbocycles. The Morgan fingerprint density at radius 1 is 0.723 bits per heavy atom. The molecule has 1 amide bonds. The number of carbonyl (C=O) groups excluding carboxylic acids is 2. The largest absolute Gasteiger partial charge is 0.420 e. The second-order valence-corrected chi connectivity index (χ2v) is 22.6. The molecule has 3 N–H and O–H groups in total. The second kappa shape index (κ2) is 33.8. The number of aryl methyl sites for hydroxylation is 1. The number of piperidine rings is 1. The first kappa shape index (κ1) is 64.2. The van der Waals surface area contributed by atoms with Crippen molar-refractivity contribution in [2.75, 3.05) is 138 Å². The number of aromatic nitrogens is 3. The molecule has 23 heteroatoms. The molecule has 4 fully saturated rings.